The molecule has 0 radical (unpaired) electrons. The number of amides is 1. The first-order valence-corrected chi connectivity index (χ1v) is 10.9. The Balaban J connectivity index is 1.64. The van der Waals surface area contributed by atoms with Crippen LogP contribution in [0.4, 0.5) is 0 Å². The van der Waals surface area contributed by atoms with Crippen LogP contribution in [0.3, 0.4) is 0 Å². The van der Waals surface area contributed by atoms with Crippen molar-refractivity contribution in [1.82, 2.24) is 20.5 Å². The molecule has 0 aliphatic carbocycles. The summed E-state index contributed by atoms with van der Waals surface area (Å²) < 4.78 is 0. The van der Waals surface area contributed by atoms with Crippen molar-refractivity contribution in [2.24, 2.45) is 5.92 Å². The minimum absolute atomic E-state index is 0.0228. The third kappa shape index (κ3) is 5.70. The van der Waals surface area contributed by atoms with E-state index in [9.17, 15) is 4.79 Å². The summed E-state index contributed by atoms with van der Waals surface area (Å²) in [7, 11) is 0. The number of carbonyl (C=O) groups is 1. The van der Waals surface area contributed by atoms with E-state index in [2.05, 4.69) is 72.5 Å². The zero-order valence-corrected chi connectivity index (χ0v) is 18.2. The monoisotopic (exact) mass is 408 g/mol. The molecule has 0 fully saturated rings. The van der Waals surface area contributed by atoms with Gasteiger partial charge in [0, 0.05) is 11.3 Å². The molecule has 3 rings (SSSR count). The molecule has 29 heavy (non-hydrogen) atoms. The lowest BCUT2D eigenvalue weighted by molar-refractivity contribution is 0.0925. The Kier molecular flexibility index (Phi) is 7.09. The van der Waals surface area contributed by atoms with Gasteiger partial charge in [-0.25, -0.2) is 4.98 Å². The molecule has 0 aliphatic rings. The van der Waals surface area contributed by atoms with Crippen LogP contribution in [0.1, 0.15) is 66.7 Å². The summed E-state index contributed by atoms with van der Waals surface area (Å²) in [5.41, 5.74) is 4.25. The largest absolute Gasteiger partial charge is 0.345 e. The van der Waals surface area contributed by atoms with Gasteiger partial charge in [0.05, 0.1) is 6.04 Å². The van der Waals surface area contributed by atoms with Gasteiger partial charge in [-0.15, -0.1) is 0 Å². The molecule has 2 N–H and O–H groups in total. The number of benzene rings is 2. The number of hydrogen-bond acceptors (Lipinski definition) is 4. The number of hydrogen-bond donors (Lipinski definition) is 2. The van der Waals surface area contributed by atoms with Crippen molar-refractivity contribution < 1.29 is 4.79 Å². The van der Waals surface area contributed by atoms with Crippen LogP contribution in [0, 0.1) is 5.92 Å². The summed E-state index contributed by atoms with van der Waals surface area (Å²) in [6.45, 7) is 8.63. The third-order valence-corrected chi connectivity index (χ3v) is 5.85. The van der Waals surface area contributed by atoms with Crippen molar-refractivity contribution in [3.8, 4) is 0 Å². The summed E-state index contributed by atoms with van der Waals surface area (Å²) in [5, 5.41) is 10.7. The summed E-state index contributed by atoms with van der Waals surface area (Å²) in [4.78, 5) is 16.9. The van der Waals surface area contributed by atoms with Gasteiger partial charge < -0.3 is 5.32 Å². The average Bonchev–Trinajstić information content (AvgIpc) is 3.24. The molecule has 0 aliphatic heterocycles. The number of carbonyl (C=O) groups excluding carboxylic acids is 1. The van der Waals surface area contributed by atoms with Gasteiger partial charge in [0.15, 0.2) is 5.16 Å². The molecule has 0 spiro atoms. The number of thioether (sulfide) groups is 1. The highest BCUT2D eigenvalue weighted by Gasteiger charge is 2.19. The van der Waals surface area contributed by atoms with Gasteiger partial charge >= 0.3 is 0 Å². The molecule has 0 saturated carbocycles. The van der Waals surface area contributed by atoms with Crippen LogP contribution in [-0.4, -0.2) is 21.1 Å². The Morgan fingerprint density at radius 2 is 1.66 bits per heavy atom. The summed E-state index contributed by atoms with van der Waals surface area (Å²) in [6.07, 6.45) is 1.50. The second-order valence-corrected chi connectivity index (χ2v) is 8.76. The quantitative estimate of drug-likeness (QED) is 0.493. The lowest BCUT2D eigenvalue weighted by Crippen LogP contribution is -2.31. The minimum Gasteiger partial charge on any atom is -0.345 e. The van der Waals surface area contributed by atoms with Crippen LogP contribution < -0.4 is 5.32 Å². The highest BCUT2D eigenvalue weighted by molar-refractivity contribution is 7.98. The van der Waals surface area contributed by atoms with E-state index in [-0.39, 0.29) is 11.9 Å². The number of rotatable bonds is 8. The standard InChI is InChI=1S/C23H28N4OS/c1-15(2)18-9-11-19(12-10-18)21(16(3)4)26-22(28)20-7-5-17(6-8-20)13-29-23-24-14-25-27-23/h5-12,14-16,21H,13H2,1-4H3,(H,26,28)(H,24,25,27). The Morgan fingerprint density at radius 1 is 1.00 bits per heavy atom. The van der Waals surface area contributed by atoms with E-state index in [1.54, 1.807) is 11.8 Å². The van der Waals surface area contributed by atoms with Gasteiger partial charge in [-0.05, 0) is 40.7 Å². The van der Waals surface area contributed by atoms with E-state index >= 15 is 0 Å². The van der Waals surface area contributed by atoms with Crippen molar-refractivity contribution >= 4 is 17.7 Å². The molecule has 1 amide bonds. The summed E-state index contributed by atoms with van der Waals surface area (Å²) in [5.74, 6) is 1.51. The normalized spacial score (nSPS) is 12.3. The Labute approximate surface area is 176 Å². The van der Waals surface area contributed by atoms with E-state index in [0.717, 1.165) is 22.0 Å². The first-order valence-electron chi connectivity index (χ1n) is 9.92. The topological polar surface area (TPSA) is 70.7 Å². The van der Waals surface area contributed by atoms with Crippen LogP contribution >= 0.6 is 11.8 Å². The number of nitrogens with one attached hydrogen (secondary N) is 2. The van der Waals surface area contributed by atoms with Crippen LogP contribution in [0.15, 0.2) is 60.0 Å². The fourth-order valence-electron chi connectivity index (χ4n) is 3.12. The molecule has 1 unspecified atom stereocenters. The van der Waals surface area contributed by atoms with E-state index in [1.165, 1.54) is 11.9 Å². The van der Waals surface area contributed by atoms with Crippen molar-refractivity contribution in [1.29, 1.82) is 0 Å². The second-order valence-electron chi connectivity index (χ2n) is 7.79. The van der Waals surface area contributed by atoms with Crippen molar-refractivity contribution in [3.05, 3.63) is 77.1 Å². The molecule has 6 heteroatoms. The maximum atomic E-state index is 12.8. The third-order valence-electron chi connectivity index (χ3n) is 4.90. The van der Waals surface area contributed by atoms with Gasteiger partial charge in [0.25, 0.3) is 5.91 Å². The van der Waals surface area contributed by atoms with E-state index < -0.39 is 0 Å². The Hall–Kier alpha value is -2.60. The van der Waals surface area contributed by atoms with E-state index in [4.69, 9.17) is 0 Å². The van der Waals surface area contributed by atoms with Gasteiger partial charge in [-0.3, -0.25) is 9.89 Å². The van der Waals surface area contributed by atoms with Gasteiger partial charge in [-0.2, -0.15) is 5.10 Å². The molecule has 1 heterocycles. The molecule has 152 valence electrons. The molecular weight excluding hydrogens is 380 g/mol. The minimum atomic E-state index is -0.0499. The number of aromatic nitrogens is 3. The van der Waals surface area contributed by atoms with E-state index in [0.29, 0.717) is 17.4 Å². The average molecular weight is 409 g/mol. The van der Waals surface area contributed by atoms with Crippen molar-refractivity contribution in [2.75, 3.05) is 0 Å². The van der Waals surface area contributed by atoms with Gasteiger partial charge in [0.2, 0.25) is 0 Å². The van der Waals surface area contributed by atoms with Crippen LogP contribution in [0.2, 0.25) is 0 Å². The molecule has 5 nitrogen and oxygen atoms in total. The van der Waals surface area contributed by atoms with Crippen LogP contribution in [0.25, 0.3) is 0 Å². The van der Waals surface area contributed by atoms with Crippen LogP contribution in [0.5, 0.6) is 0 Å². The maximum Gasteiger partial charge on any atom is 0.251 e. The molecule has 1 aromatic heterocycles. The molecule has 2 aromatic carbocycles. The SMILES string of the molecule is CC(C)c1ccc(C(NC(=O)c2ccc(CSc3ncn[nH]3)cc2)C(C)C)cc1. The molecule has 0 bridgehead atoms. The Bertz CT molecular complexity index is 903. The molecular formula is C23H28N4OS. The van der Waals surface area contributed by atoms with Crippen LogP contribution in [-0.2, 0) is 5.75 Å². The Morgan fingerprint density at radius 3 is 2.21 bits per heavy atom. The molecule has 0 saturated heterocycles. The highest BCUT2D eigenvalue weighted by Crippen LogP contribution is 2.25. The first-order chi connectivity index (χ1) is 13.9. The number of nitrogens with zero attached hydrogens (tertiary/aromatic N) is 2. The van der Waals surface area contributed by atoms with Gasteiger partial charge in [-0.1, -0.05) is 75.9 Å². The number of H-pyrrole nitrogens is 1. The zero-order chi connectivity index (χ0) is 20.8. The fraction of sp³-hybridized carbons (Fsp3) is 0.348. The van der Waals surface area contributed by atoms with Crippen molar-refractivity contribution in [3.63, 3.8) is 0 Å². The highest BCUT2D eigenvalue weighted by atomic mass is 32.2. The smallest absolute Gasteiger partial charge is 0.251 e. The van der Waals surface area contributed by atoms with Gasteiger partial charge in [0.1, 0.15) is 6.33 Å². The summed E-state index contributed by atoms with van der Waals surface area (Å²) >= 11 is 1.58. The predicted octanol–water partition coefficient (Wildman–Crippen LogP) is 5.35. The molecule has 3 aromatic rings. The second kappa shape index (κ2) is 9.74. The molecule has 1 atom stereocenters. The van der Waals surface area contributed by atoms with E-state index in [1.807, 2.05) is 24.3 Å². The lowest BCUT2D eigenvalue weighted by atomic mass is 9.93. The lowest BCUT2D eigenvalue weighted by Gasteiger charge is -2.23. The fourth-order valence-corrected chi connectivity index (χ4v) is 3.85. The summed E-state index contributed by atoms with van der Waals surface area (Å²) in [6, 6.07) is 16.3. The first kappa shape index (κ1) is 21.1. The maximum absolute atomic E-state index is 12.8. The predicted molar refractivity (Wildman–Crippen MR) is 118 cm³/mol. The zero-order valence-electron chi connectivity index (χ0n) is 17.3. The number of aromatic amines is 1. The van der Waals surface area contributed by atoms with Crippen molar-refractivity contribution in [2.45, 2.75) is 50.6 Å².